The van der Waals surface area contributed by atoms with Crippen molar-refractivity contribution in [2.24, 2.45) is 0 Å². The number of pyridine rings is 1. The van der Waals surface area contributed by atoms with Gasteiger partial charge in [-0.2, -0.15) is 0 Å². The van der Waals surface area contributed by atoms with Crippen molar-refractivity contribution < 1.29 is 18.0 Å². The van der Waals surface area contributed by atoms with Gasteiger partial charge >= 0.3 is 0 Å². The number of nitrogens with one attached hydrogen (secondary N) is 1. The largest absolute Gasteiger partial charge is 0.347 e. The number of amides is 1. The lowest BCUT2D eigenvalue weighted by molar-refractivity contribution is -0.0399. The lowest BCUT2D eigenvalue weighted by atomic mass is 9.92. The Hall–Kier alpha value is -2.83. The van der Waals surface area contributed by atoms with E-state index in [-0.39, 0.29) is 43.4 Å². The van der Waals surface area contributed by atoms with E-state index in [9.17, 15) is 18.0 Å². The van der Waals surface area contributed by atoms with E-state index in [1.807, 2.05) is 12.1 Å². The van der Waals surface area contributed by atoms with Crippen molar-refractivity contribution in [3.63, 3.8) is 0 Å². The summed E-state index contributed by atoms with van der Waals surface area (Å²) < 4.78 is 41.5. The number of aromatic nitrogens is 2. The van der Waals surface area contributed by atoms with Crippen LogP contribution >= 0.6 is 0 Å². The molecule has 4 nitrogen and oxygen atoms in total. The van der Waals surface area contributed by atoms with Gasteiger partial charge in [0, 0.05) is 30.6 Å². The van der Waals surface area contributed by atoms with Crippen molar-refractivity contribution >= 4 is 11.4 Å². The van der Waals surface area contributed by atoms with Gasteiger partial charge in [0.1, 0.15) is 5.82 Å². The molecule has 1 aromatic carbocycles. The van der Waals surface area contributed by atoms with Gasteiger partial charge in [0.25, 0.3) is 5.91 Å². The van der Waals surface area contributed by atoms with Crippen LogP contribution in [0.2, 0.25) is 0 Å². The Morgan fingerprint density at radius 3 is 2.52 bits per heavy atom. The fourth-order valence-electron chi connectivity index (χ4n) is 3.45. The number of hydrogen-bond acceptors (Lipinski definition) is 2. The maximum atomic E-state index is 13.3. The SMILES string of the molecule is O=C(NC1CCC(F)(F)CC1)c1nc(-c2ccc(F)cc2)c2ccccn12. The van der Waals surface area contributed by atoms with Gasteiger partial charge in [-0.25, -0.2) is 18.2 Å². The molecule has 27 heavy (non-hydrogen) atoms. The van der Waals surface area contributed by atoms with E-state index in [0.717, 1.165) is 0 Å². The standard InChI is InChI=1S/C20H18F3N3O/c21-14-6-4-13(5-7-14)17-16-3-1-2-12-26(16)18(25-17)19(27)24-15-8-10-20(22,23)11-9-15/h1-7,12,15H,8-11H2,(H,24,27). The third-order valence-electron chi connectivity index (χ3n) is 4.92. The van der Waals surface area contributed by atoms with Crippen LogP contribution in [0.3, 0.4) is 0 Å². The van der Waals surface area contributed by atoms with Crippen molar-refractivity contribution in [2.45, 2.75) is 37.6 Å². The van der Waals surface area contributed by atoms with Gasteiger partial charge in [-0.1, -0.05) is 6.07 Å². The molecule has 1 fully saturated rings. The molecule has 7 heteroatoms. The molecule has 3 aromatic rings. The molecule has 1 aliphatic rings. The first-order valence-electron chi connectivity index (χ1n) is 8.85. The molecule has 1 amide bonds. The Kier molecular flexibility index (Phi) is 4.37. The molecule has 0 saturated heterocycles. The molecular formula is C20H18F3N3O. The topological polar surface area (TPSA) is 46.4 Å². The minimum Gasteiger partial charge on any atom is -0.347 e. The molecular weight excluding hydrogens is 355 g/mol. The molecule has 2 heterocycles. The van der Waals surface area contributed by atoms with Crippen molar-refractivity contribution in [3.8, 4) is 11.3 Å². The van der Waals surface area contributed by atoms with Crippen LogP contribution in [-0.2, 0) is 0 Å². The Balaban J connectivity index is 1.64. The number of fused-ring (bicyclic) bond motifs is 1. The van der Waals surface area contributed by atoms with Crippen molar-refractivity contribution in [3.05, 3.63) is 60.3 Å². The van der Waals surface area contributed by atoms with Gasteiger partial charge in [0.05, 0.1) is 11.2 Å². The van der Waals surface area contributed by atoms with Gasteiger partial charge in [-0.05, 0) is 49.2 Å². The molecule has 0 spiro atoms. The summed E-state index contributed by atoms with van der Waals surface area (Å²) >= 11 is 0. The Morgan fingerprint density at radius 2 is 1.81 bits per heavy atom. The number of halogens is 3. The Bertz CT molecular complexity index is 972. The number of nitrogens with zero attached hydrogens (tertiary/aromatic N) is 2. The average molecular weight is 373 g/mol. The number of imidazole rings is 1. The zero-order valence-corrected chi connectivity index (χ0v) is 14.5. The van der Waals surface area contributed by atoms with Crippen LogP contribution in [0.1, 0.15) is 36.3 Å². The molecule has 0 aliphatic heterocycles. The van der Waals surface area contributed by atoms with Crippen LogP contribution in [0.4, 0.5) is 13.2 Å². The van der Waals surface area contributed by atoms with Crippen molar-refractivity contribution in [1.29, 1.82) is 0 Å². The predicted octanol–water partition coefficient (Wildman–Crippen LogP) is 4.45. The van der Waals surface area contributed by atoms with Crippen LogP contribution in [0.5, 0.6) is 0 Å². The summed E-state index contributed by atoms with van der Waals surface area (Å²) in [5.41, 5.74) is 1.97. The first-order valence-corrected chi connectivity index (χ1v) is 8.85. The first-order chi connectivity index (χ1) is 12.9. The predicted molar refractivity (Wildman–Crippen MR) is 95.3 cm³/mol. The maximum Gasteiger partial charge on any atom is 0.287 e. The lowest BCUT2D eigenvalue weighted by Crippen LogP contribution is -2.40. The van der Waals surface area contributed by atoms with Gasteiger partial charge in [-0.15, -0.1) is 0 Å². The number of rotatable bonds is 3. The van der Waals surface area contributed by atoms with E-state index in [4.69, 9.17) is 0 Å². The van der Waals surface area contributed by atoms with Gasteiger partial charge < -0.3 is 5.32 Å². The number of benzene rings is 1. The summed E-state index contributed by atoms with van der Waals surface area (Å²) in [6, 6.07) is 11.0. The second kappa shape index (κ2) is 6.72. The Labute approximate surface area is 154 Å². The quantitative estimate of drug-likeness (QED) is 0.737. The van der Waals surface area contributed by atoms with E-state index in [0.29, 0.717) is 16.8 Å². The molecule has 0 radical (unpaired) electrons. The highest BCUT2D eigenvalue weighted by Gasteiger charge is 2.35. The summed E-state index contributed by atoms with van der Waals surface area (Å²) in [5.74, 6) is -3.21. The zero-order valence-electron chi connectivity index (χ0n) is 14.5. The highest BCUT2D eigenvalue weighted by molar-refractivity contribution is 5.94. The second-order valence-corrected chi connectivity index (χ2v) is 6.85. The van der Waals surface area contributed by atoms with Crippen LogP contribution < -0.4 is 5.32 Å². The molecule has 1 N–H and O–H groups in total. The number of alkyl halides is 2. The zero-order chi connectivity index (χ0) is 19.0. The van der Waals surface area contributed by atoms with Crippen LogP contribution in [0.15, 0.2) is 48.7 Å². The summed E-state index contributed by atoms with van der Waals surface area (Å²) in [4.78, 5) is 17.2. The lowest BCUT2D eigenvalue weighted by Gasteiger charge is -2.28. The van der Waals surface area contributed by atoms with Crippen molar-refractivity contribution in [1.82, 2.24) is 14.7 Å². The number of hydrogen-bond donors (Lipinski definition) is 1. The van der Waals surface area contributed by atoms with E-state index >= 15 is 0 Å². The summed E-state index contributed by atoms with van der Waals surface area (Å²) in [5, 5.41) is 2.82. The molecule has 0 unspecified atom stereocenters. The maximum absolute atomic E-state index is 13.3. The smallest absolute Gasteiger partial charge is 0.287 e. The Morgan fingerprint density at radius 1 is 1.11 bits per heavy atom. The minimum atomic E-state index is -2.64. The highest BCUT2D eigenvalue weighted by atomic mass is 19.3. The van der Waals surface area contributed by atoms with E-state index in [1.165, 1.54) is 12.1 Å². The highest BCUT2D eigenvalue weighted by Crippen LogP contribution is 2.33. The second-order valence-electron chi connectivity index (χ2n) is 6.85. The monoisotopic (exact) mass is 373 g/mol. The average Bonchev–Trinajstić information content (AvgIpc) is 3.04. The minimum absolute atomic E-state index is 0.183. The van der Waals surface area contributed by atoms with Gasteiger partial charge in [-0.3, -0.25) is 9.20 Å². The van der Waals surface area contributed by atoms with Crippen molar-refractivity contribution in [2.75, 3.05) is 0 Å². The first kappa shape index (κ1) is 17.6. The molecule has 4 rings (SSSR count). The molecule has 140 valence electrons. The molecule has 0 atom stereocenters. The summed E-state index contributed by atoms with van der Waals surface area (Å²) in [7, 11) is 0. The van der Waals surface area contributed by atoms with Gasteiger partial charge in [0.2, 0.25) is 11.7 Å². The third-order valence-corrected chi connectivity index (χ3v) is 4.92. The van der Waals surface area contributed by atoms with Crippen LogP contribution in [-0.4, -0.2) is 27.3 Å². The molecule has 2 aromatic heterocycles. The number of carbonyl (C=O) groups is 1. The molecule has 1 aliphatic carbocycles. The fraction of sp³-hybridized carbons (Fsp3) is 0.300. The summed E-state index contributed by atoms with van der Waals surface area (Å²) in [6.45, 7) is 0. The van der Waals surface area contributed by atoms with E-state index in [2.05, 4.69) is 10.3 Å². The van der Waals surface area contributed by atoms with Crippen LogP contribution in [0, 0.1) is 5.82 Å². The molecule has 0 bridgehead atoms. The fourth-order valence-corrected chi connectivity index (χ4v) is 3.45. The number of carbonyl (C=O) groups excluding carboxylic acids is 1. The third kappa shape index (κ3) is 3.54. The van der Waals surface area contributed by atoms with E-state index in [1.54, 1.807) is 28.8 Å². The molecule has 1 saturated carbocycles. The van der Waals surface area contributed by atoms with Gasteiger partial charge in [0.15, 0.2) is 0 Å². The normalized spacial score (nSPS) is 17.1. The summed E-state index contributed by atoms with van der Waals surface area (Å²) in [6.07, 6.45) is 1.77. The van der Waals surface area contributed by atoms with E-state index < -0.39 is 11.8 Å². The van der Waals surface area contributed by atoms with Crippen LogP contribution in [0.25, 0.3) is 16.8 Å².